The number of piperidine rings is 1. The molecule has 0 saturated carbocycles. The van der Waals surface area contributed by atoms with Gasteiger partial charge in [0.05, 0.1) is 0 Å². The van der Waals surface area contributed by atoms with E-state index in [1.807, 2.05) is 0 Å². The molecule has 0 aromatic rings. The van der Waals surface area contributed by atoms with Gasteiger partial charge in [-0.15, -0.1) is 0 Å². The smallest absolute Gasteiger partial charge is 0.224 e. The van der Waals surface area contributed by atoms with Crippen molar-refractivity contribution in [2.75, 3.05) is 26.2 Å². The molecule has 0 aromatic carbocycles. The van der Waals surface area contributed by atoms with Gasteiger partial charge < -0.3 is 10.6 Å². The highest BCUT2D eigenvalue weighted by Crippen LogP contribution is 2.33. The molecular formula is C13H23N3O. The Morgan fingerprint density at radius 3 is 2.59 bits per heavy atom. The average molecular weight is 237 g/mol. The standard InChI is InChI=1S/C13H23N3O/c14-9-10-3-6-15(7-4-10)12-8-13(17)16-5-1-2-11(12)16/h10-12H,1-9,14H2. The third-order valence-electron chi connectivity index (χ3n) is 4.90. The van der Waals surface area contributed by atoms with Gasteiger partial charge in [-0.2, -0.15) is 0 Å². The molecule has 3 aliphatic heterocycles. The fraction of sp³-hybridized carbons (Fsp3) is 0.923. The van der Waals surface area contributed by atoms with Crippen LogP contribution in [0.3, 0.4) is 0 Å². The Labute approximate surface area is 103 Å². The minimum Gasteiger partial charge on any atom is -0.338 e. The molecular weight excluding hydrogens is 214 g/mol. The summed E-state index contributed by atoms with van der Waals surface area (Å²) in [5.74, 6) is 1.10. The first-order chi connectivity index (χ1) is 8.29. The number of carbonyl (C=O) groups excluding carboxylic acids is 1. The van der Waals surface area contributed by atoms with Gasteiger partial charge in [0.2, 0.25) is 5.91 Å². The Balaban J connectivity index is 1.63. The molecule has 2 unspecified atom stereocenters. The molecule has 3 heterocycles. The van der Waals surface area contributed by atoms with Gasteiger partial charge >= 0.3 is 0 Å². The van der Waals surface area contributed by atoms with Crippen LogP contribution in [0, 0.1) is 5.92 Å². The fourth-order valence-corrected chi connectivity index (χ4v) is 3.83. The van der Waals surface area contributed by atoms with E-state index in [0.29, 0.717) is 23.9 Å². The quantitative estimate of drug-likeness (QED) is 0.757. The van der Waals surface area contributed by atoms with Crippen LogP contribution in [-0.2, 0) is 4.79 Å². The van der Waals surface area contributed by atoms with Crippen molar-refractivity contribution in [3.05, 3.63) is 0 Å². The average Bonchev–Trinajstić information content (AvgIpc) is 2.94. The summed E-state index contributed by atoms with van der Waals surface area (Å²) in [4.78, 5) is 16.6. The number of hydrogen-bond donors (Lipinski definition) is 1. The van der Waals surface area contributed by atoms with E-state index in [2.05, 4.69) is 9.80 Å². The van der Waals surface area contributed by atoms with Gasteiger partial charge in [-0.25, -0.2) is 0 Å². The van der Waals surface area contributed by atoms with Crippen LogP contribution in [0.4, 0.5) is 0 Å². The van der Waals surface area contributed by atoms with Crippen LogP contribution in [0.2, 0.25) is 0 Å². The Bertz CT molecular complexity index is 299. The summed E-state index contributed by atoms with van der Waals surface area (Å²) in [6.07, 6.45) is 5.61. The molecule has 3 rings (SSSR count). The Kier molecular flexibility index (Phi) is 3.09. The molecule has 0 radical (unpaired) electrons. The number of carbonyl (C=O) groups is 1. The summed E-state index contributed by atoms with van der Waals surface area (Å²) in [7, 11) is 0. The second-order valence-electron chi connectivity index (χ2n) is 5.78. The van der Waals surface area contributed by atoms with Crippen molar-refractivity contribution in [1.29, 1.82) is 0 Å². The summed E-state index contributed by atoms with van der Waals surface area (Å²) >= 11 is 0. The van der Waals surface area contributed by atoms with Crippen LogP contribution in [0.1, 0.15) is 32.1 Å². The normalized spacial score (nSPS) is 35.6. The van der Waals surface area contributed by atoms with Crippen molar-refractivity contribution < 1.29 is 4.79 Å². The topological polar surface area (TPSA) is 49.6 Å². The lowest BCUT2D eigenvalue weighted by atomic mass is 9.94. The minimum atomic E-state index is 0.387. The van der Waals surface area contributed by atoms with Gasteiger partial charge in [0.15, 0.2) is 0 Å². The number of likely N-dealkylation sites (tertiary alicyclic amines) is 1. The zero-order chi connectivity index (χ0) is 11.8. The van der Waals surface area contributed by atoms with Crippen molar-refractivity contribution in [3.63, 3.8) is 0 Å². The van der Waals surface area contributed by atoms with Crippen LogP contribution < -0.4 is 5.73 Å². The van der Waals surface area contributed by atoms with E-state index in [1.54, 1.807) is 0 Å². The predicted octanol–water partition coefficient (Wildman–Crippen LogP) is 0.420. The second-order valence-corrected chi connectivity index (χ2v) is 5.78. The van der Waals surface area contributed by atoms with Crippen LogP contribution in [0.25, 0.3) is 0 Å². The summed E-state index contributed by atoms with van der Waals surface area (Å²) in [5.41, 5.74) is 5.73. The number of rotatable bonds is 2. The van der Waals surface area contributed by atoms with E-state index in [-0.39, 0.29) is 0 Å². The lowest BCUT2D eigenvalue weighted by Crippen LogP contribution is -2.47. The largest absolute Gasteiger partial charge is 0.338 e. The molecule has 2 atom stereocenters. The van der Waals surface area contributed by atoms with Crippen molar-refractivity contribution >= 4 is 5.91 Å². The zero-order valence-electron chi connectivity index (χ0n) is 10.5. The van der Waals surface area contributed by atoms with Crippen LogP contribution in [0.5, 0.6) is 0 Å². The lowest BCUT2D eigenvalue weighted by molar-refractivity contribution is -0.127. The molecule has 2 N–H and O–H groups in total. The molecule has 0 aliphatic carbocycles. The van der Waals surface area contributed by atoms with Gasteiger partial charge in [-0.05, 0) is 51.2 Å². The summed E-state index contributed by atoms with van der Waals surface area (Å²) < 4.78 is 0. The molecule has 3 saturated heterocycles. The van der Waals surface area contributed by atoms with E-state index in [0.717, 1.165) is 32.6 Å². The number of amides is 1. The Morgan fingerprint density at radius 1 is 1.12 bits per heavy atom. The monoisotopic (exact) mass is 237 g/mol. The first kappa shape index (κ1) is 11.5. The summed E-state index contributed by atoms with van der Waals surface area (Å²) in [5, 5.41) is 0. The summed E-state index contributed by atoms with van der Waals surface area (Å²) in [6, 6.07) is 1.03. The van der Waals surface area contributed by atoms with E-state index in [1.165, 1.54) is 25.7 Å². The highest BCUT2D eigenvalue weighted by Gasteiger charge is 2.45. The molecule has 4 nitrogen and oxygen atoms in total. The first-order valence-corrected chi connectivity index (χ1v) is 7.03. The molecule has 0 spiro atoms. The third-order valence-corrected chi connectivity index (χ3v) is 4.90. The number of hydrogen-bond acceptors (Lipinski definition) is 3. The van der Waals surface area contributed by atoms with Crippen molar-refractivity contribution in [1.82, 2.24) is 9.80 Å². The Morgan fingerprint density at radius 2 is 1.88 bits per heavy atom. The lowest BCUT2D eigenvalue weighted by Gasteiger charge is -2.37. The van der Waals surface area contributed by atoms with Gasteiger partial charge in [0, 0.05) is 25.0 Å². The number of nitrogens with zero attached hydrogens (tertiary/aromatic N) is 2. The maximum Gasteiger partial charge on any atom is 0.224 e. The first-order valence-electron chi connectivity index (χ1n) is 7.03. The highest BCUT2D eigenvalue weighted by molar-refractivity contribution is 5.80. The number of nitrogens with two attached hydrogens (primary N) is 1. The maximum atomic E-state index is 11.9. The second kappa shape index (κ2) is 4.58. The SMILES string of the molecule is NCC1CCN(C2CC(=O)N3CCCC23)CC1. The van der Waals surface area contributed by atoms with Crippen LogP contribution >= 0.6 is 0 Å². The minimum absolute atomic E-state index is 0.387. The molecule has 17 heavy (non-hydrogen) atoms. The third kappa shape index (κ3) is 1.97. The molecule has 3 aliphatic rings. The fourth-order valence-electron chi connectivity index (χ4n) is 3.83. The number of fused-ring (bicyclic) bond motifs is 1. The molecule has 0 bridgehead atoms. The van der Waals surface area contributed by atoms with E-state index < -0.39 is 0 Å². The van der Waals surface area contributed by atoms with Gasteiger partial charge in [-0.1, -0.05) is 0 Å². The van der Waals surface area contributed by atoms with Gasteiger partial charge in [-0.3, -0.25) is 9.69 Å². The predicted molar refractivity (Wildman–Crippen MR) is 66.5 cm³/mol. The van der Waals surface area contributed by atoms with Gasteiger partial charge in [0.25, 0.3) is 0 Å². The molecule has 3 fully saturated rings. The van der Waals surface area contributed by atoms with Crippen LogP contribution in [-0.4, -0.2) is 54.0 Å². The molecule has 4 heteroatoms. The van der Waals surface area contributed by atoms with E-state index >= 15 is 0 Å². The van der Waals surface area contributed by atoms with Crippen LogP contribution in [0.15, 0.2) is 0 Å². The van der Waals surface area contributed by atoms with Crippen molar-refractivity contribution in [2.24, 2.45) is 11.7 Å². The highest BCUT2D eigenvalue weighted by atomic mass is 16.2. The van der Waals surface area contributed by atoms with E-state index in [4.69, 9.17) is 5.73 Å². The molecule has 0 aromatic heterocycles. The van der Waals surface area contributed by atoms with Crippen molar-refractivity contribution in [3.8, 4) is 0 Å². The molecule has 1 amide bonds. The van der Waals surface area contributed by atoms with Crippen molar-refractivity contribution in [2.45, 2.75) is 44.2 Å². The molecule has 96 valence electrons. The summed E-state index contributed by atoms with van der Waals surface area (Å²) in [6.45, 7) is 4.11. The van der Waals surface area contributed by atoms with Gasteiger partial charge in [0.1, 0.15) is 0 Å². The van der Waals surface area contributed by atoms with E-state index in [9.17, 15) is 4.79 Å². The Hall–Kier alpha value is -0.610. The zero-order valence-corrected chi connectivity index (χ0v) is 10.5. The maximum absolute atomic E-state index is 11.9.